The Morgan fingerprint density at radius 3 is 2.72 bits per heavy atom. The molecule has 2 rings (SSSR count). The van der Waals surface area contributed by atoms with Crippen LogP contribution in [-0.2, 0) is 6.54 Å². The highest BCUT2D eigenvalue weighted by atomic mass is 35.5. The van der Waals surface area contributed by atoms with Crippen LogP contribution in [0.1, 0.15) is 18.4 Å². The van der Waals surface area contributed by atoms with Gasteiger partial charge in [0.2, 0.25) is 0 Å². The highest BCUT2D eigenvalue weighted by Gasteiger charge is 2.20. The van der Waals surface area contributed by atoms with Gasteiger partial charge in [0.05, 0.1) is 17.3 Å². The first-order valence-corrected chi connectivity index (χ1v) is 6.45. The average Bonchev–Trinajstić information content (AvgIpc) is 3.09. The van der Waals surface area contributed by atoms with Crippen molar-refractivity contribution in [1.29, 1.82) is 0 Å². The fraction of sp³-hybridized carbons (Fsp3) is 0.538. The van der Waals surface area contributed by atoms with Crippen LogP contribution in [0.4, 0.5) is 14.5 Å². The Labute approximate surface area is 111 Å². The number of nitrogens with one attached hydrogen (secondary N) is 1. The van der Waals surface area contributed by atoms with Gasteiger partial charge in [-0.1, -0.05) is 17.7 Å². The van der Waals surface area contributed by atoms with Crippen molar-refractivity contribution in [2.45, 2.75) is 31.9 Å². The van der Waals surface area contributed by atoms with Crippen LogP contribution in [0.2, 0.25) is 5.02 Å². The van der Waals surface area contributed by atoms with Crippen LogP contribution >= 0.6 is 11.6 Å². The molecule has 0 heterocycles. The van der Waals surface area contributed by atoms with Crippen LogP contribution in [0.15, 0.2) is 18.2 Å². The maximum absolute atomic E-state index is 12.3. The molecule has 0 aromatic heterocycles. The van der Waals surface area contributed by atoms with E-state index in [9.17, 15) is 8.78 Å². The third-order valence-corrected chi connectivity index (χ3v) is 3.31. The first kappa shape index (κ1) is 13.6. The van der Waals surface area contributed by atoms with Gasteiger partial charge in [0.25, 0.3) is 6.43 Å². The van der Waals surface area contributed by atoms with Gasteiger partial charge in [-0.25, -0.2) is 8.78 Å². The van der Waals surface area contributed by atoms with E-state index in [2.05, 4.69) is 5.32 Å². The van der Waals surface area contributed by atoms with Crippen LogP contribution in [0.3, 0.4) is 0 Å². The molecule has 2 nitrogen and oxygen atoms in total. The third-order valence-electron chi connectivity index (χ3n) is 3.01. The minimum Gasteiger partial charge on any atom is -0.368 e. The van der Waals surface area contributed by atoms with Crippen molar-refractivity contribution in [1.82, 2.24) is 5.32 Å². The zero-order valence-corrected chi connectivity index (χ0v) is 11.1. The molecule has 0 saturated heterocycles. The second-order valence-corrected chi connectivity index (χ2v) is 5.12. The molecule has 1 aromatic rings. The zero-order chi connectivity index (χ0) is 13.1. The predicted octanol–water partition coefficient (Wildman–Crippen LogP) is 3.29. The van der Waals surface area contributed by atoms with Gasteiger partial charge in [0.1, 0.15) is 0 Å². The lowest BCUT2D eigenvalue weighted by atomic mass is 10.2. The van der Waals surface area contributed by atoms with E-state index >= 15 is 0 Å². The van der Waals surface area contributed by atoms with E-state index < -0.39 is 6.43 Å². The minimum atomic E-state index is -2.36. The standard InChI is InChI=1S/C13H17ClF2N2/c1-18(8-13(15)16)12-5-2-9(6-11(12)14)7-17-10-3-4-10/h2,5-6,10,13,17H,3-4,7-8H2,1H3. The molecule has 0 bridgehead atoms. The first-order valence-electron chi connectivity index (χ1n) is 6.07. The Morgan fingerprint density at radius 2 is 2.17 bits per heavy atom. The molecule has 1 saturated carbocycles. The van der Waals surface area contributed by atoms with Gasteiger partial charge >= 0.3 is 0 Å². The van der Waals surface area contributed by atoms with Crippen LogP contribution in [0.5, 0.6) is 0 Å². The average molecular weight is 275 g/mol. The van der Waals surface area contributed by atoms with Gasteiger partial charge in [-0.15, -0.1) is 0 Å². The van der Waals surface area contributed by atoms with Crippen molar-refractivity contribution in [2.75, 3.05) is 18.5 Å². The van der Waals surface area contributed by atoms with Gasteiger partial charge in [-0.05, 0) is 30.5 Å². The molecular weight excluding hydrogens is 258 g/mol. The molecule has 100 valence electrons. The number of hydrogen-bond acceptors (Lipinski definition) is 2. The van der Waals surface area contributed by atoms with Crippen molar-refractivity contribution in [2.24, 2.45) is 0 Å². The maximum Gasteiger partial charge on any atom is 0.255 e. The monoisotopic (exact) mass is 274 g/mol. The lowest BCUT2D eigenvalue weighted by Crippen LogP contribution is -2.24. The van der Waals surface area contributed by atoms with E-state index in [4.69, 9.17) is 11.6 Å². The maximum atomic E-state index is 12.3. The quantitative estimate of drug-likeness (QED) is 0.856. The summed E-state index contributed by atoms with van der Waals surface area (Å²) < 4.78 is 24.6. The molecule has 0 amide bonds. The van der Waals surface area contributed by atoms with E-state index in [0.717, 1.165) is 12.1 Å². The van der Waals surface area contributed by atoms with E-state index in [0.29, 0.717) is 16.8 Å². The van der Waals surface area contributed by atoms with Crippen molar-refractivity contribution in [3.05, 3.63) is 28.8 Å². The molecule has 18 heavy (non-hydrogen) atoms. The van der Waals surface area contributed by atoms with Gasteiger partial charge in [0, 0.05) is 19.6 Å². The summed E-state index contributed by atoms with van der Waals surface area (Å²) in [6.07, 6.45) is 0.119. The molecule has 0 radical (unpaired) electrons. The molecule has 1 aromatic carbocycles. The van der Waals surface area contributed by atoms with E-state index in [1.807, 2.05) is 12.1 Å². The number of halogens is 3. The zero-order valence-electron chi connectivity index (χ0n) is 10.3. The highest BCUT2D eigenvalue weighted by Crippen LogP contribution is 2.27. The Morgan fingerprint density at radius 1 is 1.44 bits per heavy atom. The molecular formula is C13H17ClF2N2. The Bertz CT molecular complexity index is 408. The summed E-state index contributed by atoms with van der Waals surface area (Å²) in [4.78, 5) is 1.48. The fourth-order valence-electron chi connectivity index (χ4n) is 1.82. The molecule has 0 atom stereocenters. The smallest absolute Gasteiger partial charge is 0.255 e. The highest BCUT2D eigenvalue weighted by molar-refractivity contribution is 6.33. The van der Waals surface area contributed by atoms with Gasteiger partial charge < -0.3 is 10.2 Å². The number of anilines is 1. The lowest BCUT2D eigenvalue weighted by molar-refractivity contribution is 0.156. The predicted molar refractivity (Wildman–Crippen MR) is 70.6 cm³/mol. The molecule has 0 unspecified atom stereocenters. The summed E-state index contributed by atoms with van der Waals surface area (Å²) in [5, 5.41) is 3.91. The van der Waals surface area contributed by atoms with Crippen LogP contribution < -0.4 is 10.2 Å². The van der Waals surface area contributed by atoms with Crippen molar-refractivity contribution in [3.8, 4) is 0 Å². The van der Waals surface area contributed by atoms with Gasteiger partial charge in [0.15, 0.2) is 0 Å². The molecule has 1 aliphatic rings. The number of nitrogens with zero attached hydrogens (tertiary/aromatic N) is 1. The molecule has 1 fully saturated rings. The Balaban J connectivity index is 1.99. The number of alkyl halides is 2. The molecule has 0 aliphatic heterocycles. The summed E-state index contributed by atoms with van der Waals surface area (Å²) in [6, 6.07) is 6.21. The molecule has 0 spiro atoms. The van der Waals surface area contributed by atoms with Gasteiger partial charge in [-0.2, -0.15) is 0 Å². The van der Waals surface area contributed by atoms with Crippen LogP contribution in [0, 0.1) is 0 Å². The Kier molecular flexibility index (Phi) is 4.40. The van der Waals surface area contributed by atoms with Crippen molar-refractivity contribution in [3.63, 3.8) is 0 Å². The first-order chi connectivity index (χ1) is 8.56. The second kappa shape index (κ2) is 5.85. The summed E-state index contributed by atoms with van der Waals surface area (Å²) in [5.74, 6) is 0. The molecule has 1 N–H and O–H groups in total. The normalized spacial score (nSPS) is 15.2. The van der Waals surface area contributed by atoms with E-state index in [-0.39, 0.29) is 6.54 Å². The largest absolute Gasteiger partial charge is 0.368 e. The topological polar surface area (TPSA) is 15.3 Å². The van der Waals surface area contributed by atoms with Crippen molar-refractivity contribution >= 4 is 17.3 Å². The van der Waals surface area contributed by atoms with Crippen LogP contribution in [-0.4, -0.2) is 26.1 Å². The minimum absolute atomic E-state index is 0.306. The lowest BCUT2D eigenvalue weighted by Gasteiger charge is -2.20. The Hall–Kier alpha value is -0.870. The number of hydrogen-bond donors (Lipinski definition) is 1. The van der Waals surface area contributed by atoms with Crippen molar-refractivity contribution < 1.29 is 8.78 Å². The van der Waals surface area contributed by atoms with E-state index in [1.165, 1.54) is 17.7 Å². The molecule has 5 heteroatoms. The third kappa shape index (κ3) is 3.82. The van der Waals surface area contributed by atoms with E-state index in [1.54, 1.807) is 13.1 Å². The summed E-state index contributed by atoms with van der Waals surface area (Å²) in [5.41, 5.74) is 1.73. The molecule has 1 aliphatic carbocycles. The second-order valence-electron chi connectivity index (χ2n) is 4.71. The summed E-state index contributed by atoms with van der Waals surface area (Å²) in [6.45, 7) is 0.475. The fourth-order valence-corrected chi connectivity index (χ4v) is 2.17. The van der Waals surface area contributed by atoms with Crippen LogP contribution in [0.25, 0.3) is 0 Å². The number of benzene rings is 1. The SMILES string of the molecule is CN(CC(F)F)c1ccc(CNC2CC2)cc1Cl. The summed E-state index contributed by atoms with van der Waals surface area (Å²) >= 11 is 6.12. The van der Waals surface area contributed by atoms with Gasteiger partial charge in [-0.3, -0.25) is 0 Å². The summed E-state index contributed by atoms with van der Waals surface area (Å²) in [7, 11) is 1.62. The number of rotatable bonds is 6.